The predicted molar refractivity (Wildman–Crippen MR) is 80.3 cm³/mol. The van der Waals surface area contributed by atoms with Gasteiger partial charge in [-0.05, 0) is 34.9 Å². The molecule has 3 heteroatoms. The maximum Gasteiger partial charge on any atom is 0.135 e. The first kappa shape index (κ1) is 13.7. The summed E-state index contributed by atoms with van der Waals surface area (Å²) in [5, 5.41) is 1.74. The fraction of sp³-hybridized carbons (Fsp3) is 0.125. The van der Waals surface area contributed by atoms with Crippen LogP contribution < -0.4 is 4.74 Å². The van der Waals surface area contributed by atoms with E-state index in [0.717, 1.165) is 16.9 Å². The van der Waals surface area contributed by atoms with Gasteiger partial charge in [-0.25, -0.2) is 0 Å². The largest absolute Gasteiger partial charge is 0.612 e. The number of hydrogen-bond acceptors (Lipinski definition) is 2. The topological polar surface area (TPSA) is 32.3 Å². The lowest BCUT2D eigenvalue weighted by Gasteiger charge is -2.06. The van der Waals surface area contributed by atoms with Gasteiger partial charge in [0.1, 0.15) is 16.9 Å². The fourth-order valence-corrected chi connectivity index (χ4v) is 2.58. The van der Waals surface area contributed by atoms with Crippen molar-refractivity contribution in [2.45, 2.75) is 5.75 Å². The average Bonchev–Trinajstić information content (AvgIpc) is 2.47. The molecule has 0 fully saturated rings. The molecule has 1 atom stereocenters. The Morgan fingerprint density at radius 1 is 1.05 bits per heavy atom. The highest BCUT2D eigenvalue weighted by Gasteiger charge is 2.04. The highest BCUT2D eigenvalue weighted by atomic mass is 32.2. The fourth-order valence-electron chi connectivity index (χ4n) is 1.65. The van der Waals surface area contributed by atoms with E-state index in [9.17, 15) is 4.55 Å². The van der Waals surface area contributed by atoms with Gasteiger partial charge in [0.2, 0.25) is 0 Å². The zero-order chi connectivity index (χ0) is 13.5. The van der Waals surface area contributed by atoms with E-state index in [2.05, 4.69) is 0 Å². The molecule has 2 rings (SSSR count). The molecular weight excluding hydrogens is 256 g/mol. The van der Waals surface area contributed by atoms with E-state index < -0.39 is 11.2 Å². The first-order valence-corrected chi connectivity index (χ1v) is 7.39. The molecule has 0 N–H and O–H groups in total. The normalized spacial score (nSPS) is 12.5. The van der Waals surface area contributed by atoms with Gasteiger partial charge in [-0.15, -0.1) is 0 Å². The monoisotopic (exact) mass is 272 g/mol. The number of ether oxygens (including phenoxy) is 1. The minimum atomic E-state index is -1.00. The number of rotatable bonds is 5. The maximum atomic E-state index is 11.9. The van der Waals surface area contributed by atoms with Crippen LogP contribution in [0.1, 0.15) is 11.1 Å². The molecule has 2 aromatic rings. The van der Waals surface area contributed by atoms with Gasteiger partial charge in [-0.1, -0.05) is 42.5 Å². The summed E-state index contributed by atoms with van der Waals surface area (Å²) in [6.45, 7) is 0. The van der Waals surface area contributed by atoms with Crippen LogP contribution in [0.25, 0.3) is 6.08 Å². The average molecular weight is 272 g/mol. The van der Waals surface area contributed by atoms with Crippen LogP contribution in [0.5, 0.6) is 5.75 Å². The first-order chi connectivity index (χ1) is 9.28. The second-order valence-electron chi connectivity index (χ2n) is 4.09. The molecule has 0 heterocycles. The van der Waals surface area contributed by atoms with Gasteiger partial charge in [0.05, 0.1) is 7.11 Å². The van der Waals surface area contributed by atoms with Crippen LogP contribution in [-0.2, 0) is 16.9 Å². The molecule has 19 heavy (non-hydrogen) atoms. The van der Waals surface area contributed by atoms with Gasteiger partial charge in [0.25, 0.3) is 0 Å². The Balaban J connectivity index is 1.93. The summed E-state index contributed by atoms with van der Waals surface area (Å²) < 4.78 is 17.0. The lowest BCUT2D eigenvalue weighted by Crippen LogP contribution is -1.99. The third-order valence-corrected chi connectivity index (χ3v) is 3.74. The van der Waals surface area contributed by atoms with Gasteiger partial charge in [-0.3, -0.25) is 0 Å². The third kappa shape index (κ3) is 4.47. The number of benzene rings is 2. The summed E-state index contributed by atoms with van der Waals surface area (Å²) in [7, 11) is 1.63. The molecule has 2 nitrogen and oxygen atoms in total. The lowest BCUT2D eigenvalue weighted by atomic mass is 10.2. The van der Waals surface area contributed by atoms with Crippen molar-refractivity contribution < 1.29 is 9.29 Å². The molecule has 1 unspecified atom stereocenters. The quantitative estimate of drug-likeness (QED) is 0.779. The lowest BCUT2D eigenvalue weighted by molar-refractivity contribution is 0.414. The highest BCUT2D eigenvalue weighted by molar-refractivity contribution is 7.93. The highest BCUT2D eigenvalue weighted by Crippen LogP contribution is 2.15. The van der Waals surface area contributed by atoms with Crippen LogP contribution >= 0.6 is 0 Å². The summed E-state index contributed by atoms with van der Waals surface area (Å²) in [6, 6.07) is 17.5. The standard InChI is InChI=1S/C16H16O2S/c1-18-16-9-7-15(8-10-16)13-19(17)12-11-14-5-3-2-4-6-14/h2-12H,13H2,1H3/b12-11+. The summed E-state index contributed by atoms with van der Waals surface area (Å²) >= 11 is -1.00. The second-order valence-corrected chi connectivity index (χ2v) is 5.41. The molecule has 0 aliphatic rings. The van der Waals surface area contributed by atoms with Crippen LogP contribution in [0.3, 0.4) is 0 Å². The predicted octanol–water partition coefficient (Wildman–Crippen LogP) is 3.61. The minimum absolute atomic E-state index is 0.521. The summed E-state index contributed by atoms with van der Waals surface area (Å²) in [4.78, 5) is 0. The maximum absolute atomic E-state index is 11.9. The SMILES string of the molecule is COc1ccc(C[S+]([O-])/C=C/c2ccccc2)cc1. The minimum Gasteiger partial charge on any atom is -0.612 e. The zero-order valence-corrected chi connectivity index (χ0v) is 11.6. The Labute approximate surface area is 116 Å². The molecule has 98 valence electrons. The van der Waals surface area contributed by atoms with Crippen LogP contribution in [0.2, 0.25) is 0 Å². The van der Waals surface area contributed by atoms with Crippen molar-refractivity contribution in [3.8, 4) is 5.75 Å². The summed E-state index contributed by atoms with van der Waals surface area (Å²) in [5.74, 6) is 1.34. The molecule has 0 bridgehead atoms. The van der Waals surface area contributed by atoms with Gasteiger partial charge in [-0.2, -0.15) is 0 Å². The smallest absolute Gasteiger partial charge is 0.135 e. The van der Waals surface area contributed by atoms with E-state index in [1.165, 1.54) is 0 Å². The summed E-state index contributed by atoms with van der Waals surface area (Å²) in [6.07, 6.45) is 1.89. The Bertz CT molecular complexity index is 520. The molecule has 2 aromatic carbocycles. The van der Waals surface area contributed by atoms with Crippen LogP contribution in [0.4, 0.5) is 0 Å². The van der Waals surface area contributed by atoms with Gasteiger partial charge >= 0.3 is 0 Å². The van der Waals surface area contributed by atoms with Crippen molar-refractivity contribution in [3.63, 3.8) is 0 Å². The van der Waals surface area contributed by atoms with E-state index >= 15 is 0 Å². The van der Waals surface area contributed by atoms with Crippen LogP contribution in [-0.4, -0.2) is 11.7 Å². The molecule has 0 aliphatic heterocycles. The second kappa shape index (κ2) is 7.02. The number of methoxy groups -OCH3 is 1. The van der Waals surface area contributed by atoms with Crippen molar-refractivity contribution in [2.24, 2.45) is 0 Å². The molecule has 0 saturated heterocycles. The van der Waals surface area contributed by atoms with Crippen molar-refractivity contribution in [1.82, 2.24) is 0 Å². The number of hydrogen-bond donors (Lipinski definition) is 0. The molecule has 0 radical (unpaired) electrons. The van der Waals surface area contributed by atoms with Crippen molar-refractivity contribution in [3.05, 3.63) is 71.1 Å². The van der Waals surface area contributed by atoms with E-state index in [-0.39, 0.29) is 0 Å². The molecule has 0 amide bonds. The van der Waals surface area contributed by atoms with Crippen molar-refractivity contribution in [1.29, 1.82) is 0 Å². The van der Waals surface area contributed by atoms with Gasteiger partial charge < -0.3 is 9.29 Å². The Morgan fingerprint density at radius 3 is 2.37 bits per heavy atom. The Kier molecular flexibility index (Phi) is 5.07. The van der Waals surface area contributed by atoms with E-state index in [4.69, 9.17) is 4.74 Å². The molecule has 0 saturated carbocycles. The molecular formula is C16H16O2S. The Hall–Kier alpha value is -1.71. The summed E-state index contributed by atoms with van der Waals surface area (Å²) in [5.41, 5.74) is 2.10. The third-order valence-electron chi connectivity index (χ3n) is 2.68. The first-order valence-electron chi connectivity index (χ1n) is 6.01. The van der Waals surface area contributed by atoms with E-state index in [0.29, 0.717) is 5.75 Å². The van der Waals surface area contributed by atoms with Crippen molar-refractivity contribution in [2.75, 3.05) is 7.11 Å². The van der Waals surface area contributed by atoms with Crippen LogP contribution in [0, 0.1) is 0 Å². The molecule has 0 spiro atoms. The zero-order valence-electron chi connectivity index (χ0n) is 10.8. The van der Waals surface area contributed by atoms with Gasteiger partial charge in [0.15, 0.2) is 0 Å². The van der Waals surface area contributed by atoms with Crippen LogP contribution in [0.15, 0.2) is 60.0 Å². The van der Waals surface area contributed by atoms with Gasteiger partial charge in [0, 0.05) is 5.56 Å². The van der Waals surface area contributed by atoms with Crippen molar-refractivity contribution >= 4 is 17.3 Å². The molecule has 0 aliphatic carbocycles. The molecule has 0 aromatic heterocycles. The van der Waals surface area contributed by atoms with E-state index in [1.807, 2.05) is 60.7 Å². The Morgan fingerprint density at radius 2 is 1.74 bits per heavy atom. The van der Waals surface area contributed by atoms with E-state index in [1.54, 1.807) is 12.5 Å².